The van der Waals surface area contributed by atoms with E-state index in [-0.39, 0.29) is 5.56 Å². The predicted molar refractivity (Wildman–Crippen MR) is 120 cm³/mol. The van der Waals surface area contributed by atoms with Crippen molar-refractivity contribution in [3.8, 4) is 11.5 Å². The Morgan fingerprint density at radius 3 is 2.67 bits per heavy atom. The predicted octanol–water partition coefficient (Wildman–Crippen LogP) is 3.47. The average Bonchev–Trinajstić information content (AvgIpc) is 2.71. The van der Waals surface area contributed by atoms with Crippen LogP contribution in [-0.4, -0.2) is 49.0 Å². The minimum absolute atomic E-state index is 0.329. The van der Waals surface area contributed by atoms with E-state index >= 15 is 0 Å². The van der Waals surface area contributed by atoms with Gasteiger partial charge in [-0.25, -0.2) is 4.99 Å². The van der Waals surface area contributed by atoms with Gasteiger partial charge in [-0.2, -0.15) is 4.98 Å². The largest absolute Gasteiger partial charge is 0.493 e. The van der Waals surface area contributed by atoms with Crippen molar-refractivity contribution in [2.24, 2.45) is 4.99 Å². The number of anilines is 1. The SMILES string of the molecule is COc1cc2[nH]c(NCc3cccc(N=C(C)N(C)C)c3)nc(=O)c2c(C)c1OC. The van der Waals surface area contributed by atoms with E-state index in [4.69, 9.17) is 9.47 Å². The highest BCUT2D eigenvalue weighted by Gasteiger charge is 2.15. The molecule has 0 aliphatic rings. The van der Waals surface area contributed by atoms with Gasteiger partial charge in [0.15, 0.2) is 11.5 Å². The molecule has 0 spiro atoms. The van der Waals surface area contributed by atoms with Crippen molar-refractivity contribution in [3.63, 3.8) is 0 Å². The summed E-state index contributed by atoms with van der Waals surface area (Å²) >= 11 is 0. The molecule has 0 fully saturated rings. The zero-order chi connectivity index (χ0) is 21.8. The molecule has 30 heavy (non-hydrogen) atoms. The van der Waals surface area contributed by atoms with Crippen LogP contribution < -0.4 is 20.3 Å². The monoisotopic (exact) mass is 409 g/mol. The molecule has 3 rings (SSSR count). The van der Waals surface area contributed by atoms with Crippen molar-refractivity contribution in [2.45, 2.75) is 20.4 Å². The van der Waals surface area contributed by atoms with Crippen LogP contribution in [0.3, 0.4) is 0 Å². The second-order valence-corrected chi connectivity index (χ2v) is 7.13. The first-order valence-electron chi connectivity index (χ1n) is 9.55. The van der Waals surface area contributed by atoms with E-state index in [1.54, 1.807) is 20.3 Å². The number of H-pyrrole nitrogens is 1. The van der Waals surface area contributed by atoms with Crippen molar-refractivity contribution in [2.75, 3.05) is 33.6 Å². The number of aromatic amines is 1. The van der Waals surface area contributed by atoms with Gasteiger partial charge in [0.2, 0.25) is 5.95 Å². The van der Waals surface area contributed by atoms with E-state index in [0.717, 1.165) is 17.1 Å². The molecular weight excluding hydrogens is 382 g/mol. The van der Waals surface area contributed by atoms with Crippen LogP contribution in [0.25, 0.3) is 10.9 Å². The lowest BCUT2D eigenvalue weighted by atomic mass is 10.1. The molecule has 3 aromatic rings. The minimum atomic E-state index is -0.329. The first-order valence-corrected chi connectivity index (χ1v) is 9.55. The standard InChI is InChI=1S/C22H27N5O3/c1-13-19-17(11-18(29-5)20(13)30-6)25-22(26-21(19)28)23-12-15-8-7-9-16(10-15)24-14(2)27(3)4/h7-11H,12H2,1-6H3,(H2,23,25,26,28). The zero-order valence-electron chi connectivity index (χ0n) is 18.2. The number of aromatic nitrogens is 2. The smallest absolute Gasteiger partial charge is 0.282 e. The fourth-order valence-electron chi connectivity index (χ4n) is 3.15. The van der Waals surface area contributed by atoms with Crippen molar-refractivity contribution in [3.05, 3.63) is 51.8 Å². The highest BCUT2D eigenvalue weighted by molar-refractivity contribution is 5.86. The molecule has 0 amide bonds. The molecule has 0 unspecified atom stereocenters. The molecule has 0 saturated carbocycles. The lowest BCUT2D eigenvalue weighted by molar-refractivity contribution is 0.354. The summed E-state index contributed by atoms with van der Waals surface area (Å²) in [6.45, 7) is 4.26. The van der Waals surface area contributed by atoms with E-state index in [1.165, 1.54) is 0 Å². The van der Waals surface area contributed by atoms with Crippen LogP contribution in [0.15, 0.2) is 40.1 Å². The van der Waals surface area contributed by atoms with Gasteiger partial charge in [0, 0.05) is 32.3 Å². The first kappa shape index (κ1) is 21.2. The molecule has 0 saturated heterocycles. The van der Waals surface area contributed by atoms with Crippen molar-refractivity contribution in [1.82, 2.24) is 14.9 Å². The molecular formula is C22H27N5O3. The molecule has 0 atom stereocenters. The van der Waals surface area contributed by atoms with Gasteiger partial charge in [-0.15, -0.1) is 0 Å². The Balaban J connectivity index is 1.89. The average molecular weight is 409 g/mol. The Kier molecular flexibility index (Phi) is 6.25. The van der Waals surface area contributed by atoms with Crippen molar-refractivity contribution < 1.29 is 9.47 Å². The number of ether oxygens (including phenoxy) is 2. The summed E-state index contributed by atoms with van der Waals surface area (Å²) in [5.74, 6) is 2.39. The molecule has 0 bridgehead atoms. The minimum Gasteiger partial charge on any atom is -0.493 e. The van der Waals surface area contributed by atoms with Crippen LogP contribution >= 0.6 is 0 Å². The van der Waals surface area contributed by atoms with E-state index in [9.17, 15) is 4.79 Å². The molecule has 1 heterocycles. The van der Waals surface area contributed by atoms with Crippen molar-refractivity contribution >= 4 is 28.4 Å². The van der Waals surface area contributed by atoms with Gasteiger partial charge < -0.3 is 24.7 Å². The molecule has 0 radical (unpaired) electrons. The van der Waals surface area contributed by atoms with Gasteiger partial charge in [-0.1, -0.05) is 12.1 Å². The number of amidine groups is 1. The fraction of sp³-hybridized carbons (Fsp3) is 0.318. The number of nitrogens with one attached hydrogen (secondary N) is 2. The van der Waals surface area contributed by atoms with Crippen LogP contribution in [-0.2, 0) is 6.54 Å². The van der Waals surface area contributed by atoms with Crippen LogP contribution in [0.1, 0.15) is 18.1 Å². The maximum absolute atomic E-state index is 12.6. The number of aliphatic imine (C=N–C) groups is 1. The third kappa shape index (κ3) is 4.37. The number of fused-ring (bicyclic) bond motifs is 1. The van der Waals surface area contributed by atoms with Gasteiger partial charge in [0.1, 0.15) is 5.84 Å². The van der Waals surface area contributed by atoms with Gasteiger partial charge in [-0.3, -0.25) is 4.79 Å². The number of methoxy groups -OCH3 is 2. The fourth-order valence-corrected chi connectivity index (χ4v) is 3.15. The second kappa shape index (κ2) is 8.86. The van der Waals surface area contributed by atoms with Crippen molar-refractivity contribution in [1.29, 1.82) is 0 Å². The Bertz CT molecular complexity index is 1150. The summed E-state index contributed by atoms with van der Waals surface area (Å²) in [7, 11) is 7.03. The van der Waals surface area contributed by atoms with Crippen LogP contribution in [0, 0.1) is 6.92 Å². The summed E-state index contributed by atoms with van der Waals surface area (Å²) in [4.78, 5) is 26.5. The lowest BCUT2D eigenvalue weighted by Gasteiger charge is -2.14. The summed E-state index contributed by atoms with van der Waals surface area (Å²) < 4.78 is 10.8. The maximum Gasteiger partial charge on any atom is 0.282 e. The normalized spacial score (nSPS) is 11.5. The number of nitrogens with zero attached hydrogens (tertiary/aromatic N) is 3. The zero-order valence-corrected chi connectivity index (χ0v) is 18.2. The Labute approximate surface area is 175 Å². The first-order chi connectivity index (χ1) is 14.3. The summed E-state index contributed by atoms with van der Waals surface area (Å²) in [5.41, 5.74) is 2.88. The number of aryl methyl sites for hydroxylation is 1. The molecule has 158 valence electrons. The van der Waals surface area contributed by atoms with Gasteiger partial charge in [-0.05, 0) is 31.5 Å². The number of hydrogen-bond acceptors (Lipinski definition) is 6. The second-order valence-electron chi connectivity index (χ2n) is 7.13. The van der Waals surface area contributed by atoms with Gasteiger partial charge in [0.25, 0.3) is 5.56 Å². The van der Waals surface area contributed by atoms with Gasteiger partial charge in [0.05, 0.1) is 30.8 Å². The summed E-state index contributed by atoms with van der Waals surface area (Å²) in [6, 6.07) is 9.64. The Morgan fingerprint density at radius 2 is 2.00 bits per heavy atom. The molecule has 8 nitrogen and oxygen atoms in total. The van der Waals surface area contributed by atoms with Crippen LogP contribution in [0.4, 0.5) is 11.6 Å². The molecule has 2 N–H and O–H groups in total. The lowest BCUT2D eigenvalue weighted by Crippen LogP contribution is -2.17. The van der Waals surface area contributed by atoms with E-state index in [1.807, 2.05) is 57.1 Å². The number of benzene rings is 2. The summed E-state index contributed by atoms with van der Waals surface area (Å²) in [5, 5.41) is 3.67. The molecule has 1 aromatic heterocycles. The quantitative estimate of drug-likeness (QED) is 0.478. The molecule has 0 aliphatic carbocycles. The summed E-state index contributed by atoms with van der Waals surface area (Å²) in [6.07, 6.45) is 0. The number of hydrogen-bond donors (Lipinski definition) is 2. The Morgan fingerprint density at radius 1 is 1.23 bits per heavy atom. The highest BCUT2D eigenvalue weighted by Crippen LogP contribution is 2.35. The molecule has 0 aliphatic heterocycles. The van der Waals surface area contributed by atoms with Crippen LogP contribution in [0.5, 0.6) is 11.5 Å². The third-order valence-corrected chi connectivity index (χ3v) is 4.90. The number of rotatable bonds is 6. The molecule has 8 heteroatoms. The van der Waals surface area contributed by atoms with E-state index in [0.29, 0.717) is 40.5 Å². The van der Waals surface area contributed by atoms with E-state index in [2.05, 4.69) is 20.3 Å². The Hall–Kier alpha value is -3.55. The highest BCUT2D eigenvalue weighted by atomic mass is 16.5. The van der Waals surface area contributed by atoms with E-state index < -0.39 is 0 Å². The molecule has 2 aromatic carbocycles. The maximum atomic E-state index is 12.6. The third-order valence-electron chi connectivity index (χ3n) is 4.90. The topological polar surface area (TPSA) is 91.8 Å². The van der Waals surface area contributed by atoms with Crippen LogP contribution in [0.2, 0.25) is 0 Å². The van der Waals surface area contributed by atoms with Gasteiger partial charge >= 0.3 is 0 Å².